The molecule has 2 aromatic rings. The highest BCUT2D eigenvalue weighted by molar-refractivity contribution is 7.09. The third-order valence-electron chi connectivity index (χ3n) is 3.75. The average Bonchev–Trinajstić information content (AvgIpc) is 2.92. The van der Waals surface area contributed by atoms with Gasteiger partial charge in [0.2, 0.25) is 5.91 Å². The first-order valence-electron chi connectivity index (χ1n) is 7.11. The molecule has 1 amide bonds. The standard InChI is InChI=1S/C16H18N2O2S/c1-11-15(21-10-18-11)6-7-17-16(19)13-8-12-4-2-3-5-14(12)20-9-13/h2-5,10,13H,6-9H2,1H3,(H,17,19)/t13-/m1/s1. The number of amides is 1. The molecule has 0 spiro atoms. The predicted octanol–water partition coefficient (Wildman–Crippen LogP) is 2.36. The number of ether oxygens (including phenoxy) is 1. The van der Waals surface area contributed by atoms with E-state index in [4.69, 9.17) is 4.74 Å². The Bertz CT molecular complexity index is 639. The summed E-state index contributed by atoms with van der Waals surface area (Å²) in [5, 5.41) is 3.01. The molecular weight excluding hydrogens is 284 g/mol. The molecule has 1 N–H and O–H groups in total. The normalized spacial score (nSPS) is 16.9. The molecule has 1 aromatic heterocycles. The number of benzene rings is 1. The number of aryl methyl sites for hydroxylation is 1. The van der Waals surface area contributed by atoms with Crippen molar-refractivity contribution in [2.75, 3.05) is 13.2 Å². The largest absolute Gasteiger partial charge is 0.492 e. The molecule has 2 heterocycles. The lowest BCUT2D eigenvalue weighted by molar-refractivity contribution is -0.126. The summed E-state index contributed by atoms with van der Waals surface area (Å²) in [7, 11) is 0. The Kier molecular flexibility index (Phi) is 4.20. The van der Waals surface area contributed by atoms with Crippen LogP contribution in [-0.4, -0.2) is 24.0 Å². The van der Waals surface area contributed by atoms with Gasteiger partial charge in [0.1, 0.15) is 12.4 Å². The molecule has 0 aliphatic carbocycles. The molecule has 1 atom stereocenters. The number of carbonyl (C=O) groups excluding carboxylic acids is 1. The molecule has 3 rings (SSSR count). The summed E-state index contributed by atoms with van der Waals surface area (Å²) >= 11 is 1.64. The number of carbonyl (C=O) groups is 1. The van der Waals surface area contributed by atoms with Gasteiger partial charge in [-0.05, 0) is 25.0 Å². The summed E-state index contributed by atoms with van der Waals surface area (Å²) in [5.74, 6) is 0.885. The molecule has 0 saturated carbocycles. The van der Waals surface area contributed by atoms with E-state index < -0.39 is 0 Å². The number of para-hydroxylation sites is 1. The number of thiazole rings is 1. The van der Waals surface area contributed by atoms with Gasteiger partial charge >= 0.3 is 0 Å². The SMILES string of the molecule is Cc1ncsc1CCNC(=O)[C@H]1COc2ccccc2C1. The number of nitrogens with one attached hydrogen (secondary N) is 1. The van der Waals surface area contributed by atoms with Crippen LogP contribution in [0.2, 0.25) is 0 Å². The average molecular weight is 302 g/mol. The lowest BCUT2D eigenvalue weighted by atomic mass is 9.96. The number of nitrogens with zero attached hydrogens (tertiary/aromatic N) is 1. The Balaban J connectivity index is 1.52. The molecular formula is C16H18N2O2S. The van der Waals surface area contributed by atoms with Crippen LogP contribution in [0.5, 0.6) is 5.75 Å². The van der Waals surface area contributed by atoms with Gasteiger partial charge in [-0.15, -0.1) is 11.3 Å². The summed E-state index contributed by atoms with van der Waals surface area (Å²) in [4.78, 5) is 17.7. The van der Waals surface area contributed by atoms with Crippen molar-refractivity contribution in [2.24, 2.45) is 5.92 Å². The molecule has 0 radical (unpaired) electrons. The Hall–Kier alpha value is -1.88. The number of hydrogen-bond acceptors (Lipinski definition) is 4. The number of aromatic nitrogens is 1. The number of fused-ring (bicyclic) bond motifs is 1. The van der Waals surface area contributed by atoms with E-state index in [9.17, 15) is 4.79 Å². The highest BCUT2D eigenvalue weighted by Crippen LogP contribution is 2.26. The smallest absolute Gasteiger partial charge is 0.226 e. The van der Waals surface area contributed by atoms with E-state index in [1.807, 2.05) is 36.7 Å². The minimum absolute atomic E-state index is 0.0756. The van der Waals surface area contributed by atoms with Crippen molar-refractivity contribution in [2.45, 2.75) is 19.8 Å². The van der Waals surface area contributed by atoms with Crippen LogP contribution >= 0.6 is 11.3 Å². The zero-order valence-electron chi connectivity index (χ0n) is 12.0. The van der Waals surface area contributed by atoms with Crippen molar-refractivity contribution < 1.29 is 9.53 Å². The van der Waals surface area contributed by atoms with E-state index >= 15 is 0 Å². The molecule has 0 unspecified atom stereocenters. The van der Waals surface area contributed by atoms with Crippen molar-refractivity contribution in [3.8, 4) is 5.75 Å². The molecule has 1 aliphatic rings. The van der Waals surface area contributed by atoms with Crippen LogP contribution in [-0.2, 0) is 17.6 Å². The van der Waals surface area contributed by atoms with Gasteiger partial charge in [0.25, 0.3) is 0 Å². The van der Waals surface area contributed by atoms with Gasteiger partial charge in [-0.1, -0.05) is 18.2 Å². The number of rotatable bonds is 4. The Morgan fingerprint density at radius 3 is 3.14 bits per heavy atom. The van der Waals surface area contributed by atoms with E-state index in [1.165, 1.54) is 4.88 Å². The minimum atomic E-state index is -0.0949. The summed E-state index contributed by atoms with van der Waals surface area (Å²) in [5.41, 5.74) is 4.02. The first-order chi connectivity index (χ1) is 10.2. The Labute approximate surface area is 128 Å². The van der Waals surface area contributed by atoms with Gasteiger partial charge in [0.05, 0.1) is 17.1 Å². The van der Waals surface area contributed by atoms with E-state index in [1.54, 1.807) is 11.3 Å². The highest BCUT2D eigenvalue weighted by atomic mass is 32.1. The van der Waals surface area contributed by atoms with Crippen LogP contribution in [0.1, 0.15) is 16.1 Å². The molecule has 1 aliphatic heterocycles. The van der Waals surface area contributed by atoms with Crippen molar-refractivity contribution >= 4 is 17.2 Å². The summed E-state index contributed by atoms with van der Waals surface area (Å²) in [6.07, 6.45) is 1.59. The molecule has 21 heavy (non-hydrogen) atoms. The maximum Gasteiger partial charge on any atom is 0.226 e. The molecule has 110 valence electrons. The monoisotopic (exact) mass is 302 g/mol. The summed E-state index contributed by atoms with van der Waals surface area (Å²) < 4.78 is 5.66. The quantitative estimate of drug-likeness (QED) is 0.943. The van der Waals surface area contributed by atoms with Crippen LogP contribution in [0.25, 0.3) is 0 Å². The van der Waals surface area contributed by atoms with Crippen molar-refractivity contribution in [1.29, 1.82) is 0 Å². The van der Waals surface area contributed by atoms with E-state index in [0.717, 1.165) is 29.8 Å². The molecule has 1 aromatic carbocycles. The lowest BCUT2D eigenvalue weighted by Crippen LogP contribution is -2.38. The third-order valence-corrected chi connectivity index (χ3v) is 4.74. The Morgan fingerprint density at radius 1 is 1.48 bits per heavy atom. The first kappa shape index (κ1) is 14.1. The highest BCUT2D eigenvalue weighted by Gasteiger charge is 2.25. The van der Waals surface area contributed by atoms with Gasteiger partial charge in [0.15, 0.2) is 0 Å². The van der Waals surface area contributed by atoms with Gasteiger partial charge in [-0.2, -0.15) is 0 Å². The van der Waals surface area contributed by atoms with Crippen LogP contribution in [0.3, 0.4) is 0 Å². The van der Waals surface area contributed by atoms with Crippen molar-refractivity contribution in [1.82, 2.24) is 10.3 Å². The second-order valence-electron chi connectivity index (χ2n) is 5.22. The molecule has 4 nitrogen and oxygen atoms in total. The van der Waals surface area contributed by atoms with Gasteiger partial charge in [0, 0.05) is 17.8 Å². The topological polar surface area (TPSA) is 51.2 Å². The van der Waals surface area contributed by atoms with E-state index in [0.29, 0.717) is 13.2 Å². The second-order valence-corrected chi connectivity index (χ2v) is 6.16. The molecule has 0 fully saturated rings. The van der Waals surface area contributed by atoms with Gasteiger partial charge < -0.3 is 10.1 Å². The second kappa shape index (κ2) is 6.26. The summed E-state index contributed by atoms with van der Waals surface area (Å²) in [6.45, 7) is 3.11. The first-order valence-corrected chi connectivity index (χ1v) is 7.99. The maximum atomic E-state index is 12.2. The van der Waals surface area contributed by atoms with Gasteiger partial charge in [-0.3, -0.25) is 4.79 Å². The minimum Gasteiger partial charge on any atom is -0.492 e. The maximum absolute atomic E-state index is 12.2. The molecule has 0 saturated heterocycles. The molecule has 5 heteroatoms. The fraction of sp³-hybridized carbons (Fsp3) is 0.375. The zero-order chi connectivity index (χ0) is 14.7. The van der Waals surface area contributed by atoms with Crippen LogP contribution in [0.4, 0.5) is 0 Å². The fourth-order valence-corrected chi connectivity index (χ4v) is 3.29. The Morgan fingerprint density at radius 2 is 2.33 bits per heavy atom. The third kappa shape index (κ3) is 3.24. The van der Waals surface area contributed by atoms with Crippen molar-refractivity contribution in [3.63, 3.8) is 0 Å². The van der Waals surface area contributed by atoms with Crippen LogP contribution < -0.4 is 10.1 Å². The van der Waals surface area contributed by atoms with Crippen LogP contribution in [0.15, 0.2) is 29.8 Å². The fourth-order valence-electron chi connectivity index (χ4n) is 2.51. The van der Waals surface area contributed by atoms with Crippen molar-refractivity contribution in [3.05, 3.63) is 45.9 Å². The predicted molar refractivity (Wildman–Crippen MR) is 82.7 cm³/mol. The zero-order valence-corrected chi connectivity index (χ0v) is 12.8. The lowest BCUT2D eigenvalue weighted by Gasteiger charge is -2.24. The molecule has 0 bridgehead atoms. The van der Waals surface area contributed by atoms with Gasteiger partial charge in [-0.25, -0.2) is 4.98 Å². The number of hydrogen-bond donors (Lipinski definition) is 1. The summed E-state index contributed by atoms with van der Waals surface area (Å²) in [6, 6.07) is 7.91. The van der Waals surface area contributed by atoms with E-state index in [-0.39, 0.29) is 11.8 Å². The van der Waals surface area contributed by atoms with E-state index in [2.05, 4.69) is 10.3 Å². The van der Waals surface area contributed by atoms with Crippen LogP contribution in [0, 0.1) is 12.8 Å².